The molecule has 14 heavy (non-hydrogen) atoms. The Labute approximate surface area is 96.7 Å². The first-order valence-corrected chi connectivity index (χ1v) is 6.55. The SMILES string of the molecule is BrCc1ccccc1Cc1cccs1. The van der Waals surface area contributed by atoms with Gasteiger partial charge in [0.25, 0.3) is 0 Å². The lowest BCUT2D eigenvalue weighted by Gasteiger charge is -2.04. The molecular weight excluding hydrogens is 256 g/mol. The number of hydrogen-bond acceptors (Lipinski definition) is 1. The van der Waals surface area contributed by atoms with Gasteiger partial charge in [-0.1, -0.05) is 46.3 Å². The van der Waals surface area contributed by atoms with Gasteiger partial charge in [-0.15, -0.1) is 11.3 Å². The predicted octanol–water partition coefficient (Wildman–Crippen LogP) is 4.23. The second-order valence-electron chi connectivity index (χ2n) is 3.16. The van der Waals surface area contributed by atoms with E-state index in [1.165, 1.54) is 16.0 Å². The molecule has 2 rings (SSSR count). The van der Waals surface area contributed by atoms with Crippen molar-refractivity contribution in [1.82, 2.24) is 0 Å². The number of halogens is 1. The molecule has 0 aliphatic carbocycles. The van der Waals surface area contributed by atoms with Gasteiger partial charge in [-0.05, 0) is 22.6 Å². The van der Waals surface area contributed by atoms with Crippen molar-refractivity contribution in [2.24, 2.45) is 0 Å². The molecule has 0 saturated carbocycles. The van der Waals surface area contributed by atoms with Crippen molar-refractivity contribution in [1.29, 1.82) is 0 Å². The van der Waals surface area contributed by atoms with Gasteiger partial charge in [-0.25, -0.2) is 0 Å². The summed E-state index contributed by atoms with van der Waals surface area (Å²) in [6, 6.07) is 12.9. The van der Waals surface area contributed by atoms with Crippen molar-refractivity contribution < 1.29 is 0 Å². The highest BCUT2D eigenvalue weighted by Crippen LogP contribution is 2.19. The molecule has 2 heteroatoms. The molecule has 1 heterocycles. The van der Waals surface area contributed by atoms with E-state index in [0.29, 0.717) is 0 Å². The molecule has 0 spiro atoms. The minimum Gasteiger partial charge on any atom is -0.149 e. The van der Waals surface area contributed by atoms with Crippen molar-refractivity contribution in [3.8, 4) is 0 Å². The van der Waals surface area contributed by atoms with Crippen LogP contribution in [0.5, 0.6) is 0 Å². The molecule has 0 amide bonds. The molecule has 1 aromatic heterocycles. The third kappa shape index (κ3) is 2.25. The van der Waals surface area contributed by atoms with Crippen LogP contribution in [0, 0.1) is 0 Å². The zero-order valence-corrected chi connectivity index (χ0v) is 10.1. The van der Waals surface area contributed by atoms with E-state index >= 15 is 0 Å². The van der Waals surface area contributed by atoms with E-state index < -0.39 is 0 Å². The zero-order valence-electron chi connectivity index (χ0n) is 7.74. The van der Waals surface area contributed by atoms with E-state index in [-0.39, 0.29) is 0 Å². The van der Waals surface area contributed by atoms with Gasteiger partial charge in [0, 0.05) is 16.6 Å². The Bertz CT molecular complexity index is 392. The molecule has 0 N–H and O–H groups in total. The van der Waals surface area contributed by atoms with Crippen LogP contribution in [0.25, 0.3) is 0 Å². The Balaban J connectivity index is 2.24. The summed E-state index contributed by atoms with van der Waals surface area (Å²) in [6.45, 7) is 0. The maximum absolute atomic E-state index is 3.52. The van der Waals surface area contributed by atoms with E-state index in [1.807, 2.05) is 11.3 Å². The van der Waals surface area contributed by atoms with Gasteiger partial charge < -0.3 is 0 Å². The molecule has 1 aromatic carbocycles. The second-order valence-corrected chi connectivity index (χ2v) is 4.75. The monoisotopic (exact) mass is 266 g/mol. The lowest BCUT2D eigenvalue weighted by atomic mass is 10.1. The Kier molecular flexibility index (Phi) is 3.38. The summed E-state index contributed by atoms with van der Waals surface area (Å²) in [6.07, 6.45) is 1.06. The number of rotatable bonds is 3. The average Bonchev–Trinajstić information content (AvgIpc) is 2.71. The van der Waals surface area contributed by atoms with Gasteiger partial charge in [0.1, 0.15) is 0 Å². The summed E-state index contributed by atoms with van der Waals surface area (Å²) in [5.41, 5.74) is 2.81. The quantitative estimate of drug-likeness (QED) is 0.730. The second kappa shape index (κ2) is 4.76. The summed E-state index contributed by atoms with van der Waals surface area (Å²) >= 11 is 5.34. The molecule has 0 fully saturated rings. The van der Waals surface area contributed by atoms with Crippen LogP contribution in [0.4, 0.5) is 0 Å². The standard InChI is InChI=1S/C12H11BrS/c13-9-11-5-2-1-4-10(11)8-12-6-3-7-14-12/h1-7H,8-9H2. The van der Waals surface area contributed by atoms with Gasteiger partial charge in [0.2, 0.25) is 0 Å². The van der Waals surface area contributed by atoms with Crippen molar-refractivity contribution in [2.75, 3.05) is 0 Å². The van der Waals surface area contributed by atoms with Crippen LogP contribution in [0.3, 0.4) is 0 Å². The fourth-order valence-electron chi connectivity index (χ4n) is 1.46. The molecule has 2 aromatic rings. The fraction of sp³-hybridized carbons (Fsp3) is 0.167. The van der Waals surface area contributed by atoms with Crippen LogP contribution in [0.15, 0.2) is 41.8 Å². The Morgan fingerprint density at radius 1 is 1.00 bits per heavy atom. The van der Waals surface area contributed by atoms with Crippen LogP contribution in [-0.2, 0) is 11.8 Å². The van der Waals surface area contributed by atoms with Crippen molar-refractivity contribution in [3.05, 3.63) is 57.8 Å². The summed E-state index contributed by atoms with van der Waals surface area (Å²) < 4.78 is 0. The van der Waals surface area contributed by atoms with E-state index in [1.54, 1.807) is 0 Å². The van der Waals surface area contributed by atoms with Crippen LogP contribution in [-0.4, -0.2) is 0 Å². The molecule has 0 saturated heterocycles. The molecule has 0 bridgehead atoms. The molecule has 0 radical (unpaired) electrons. The van der Waals surface area contributed by atoms with Gasteiger partial charge in [-0.3, -0.25) is 0 Å². The lowest BCUT2D eigenvalue weighted by Crippen LogP contribution is -1.90. The predicted molar refractivity (Wildman–Crippen MR) is 66.2 cm³/mol. The highest BCUT2D eigenvalue weighted by Gasteiger charge is 2.01. The third-order valence-electron chi connectivity index (χ3n) is 2.21. The highest BCUT2D eigenvalue weighted by atomic mass is 79.9. The normalized spacial score (nSPS) is 10.4. The van der Waals surface area contributed by atoms with Crippen LogP contribution in [0.2, 0.25) is 0 Å². The summed E-state index contributed by atoms with van der Waals surface area (Å²) in [5, 5.41) is 3.07. The molecule has 0 unspecified atom stereocenters. The largest absolute Gasteiger partial charge is 0.149 e. The molecule has 0 nitrogen and oxygen atoms in total. The first kappa shape index (κ1) is 9.94. The lowest BCUT2D eigenvalue weighted by molar-refractivity contribution is 1.18. The van der Waals surface area contributed by atoms with Gasteiger partial charge >= 0.3 is 0 Å². The first-order chi connectivity index (χ1) is 6.90. The minimum atomic E-state index is 0.939. The van der Waals surface area contributed by atoms with Crippen molar-refractivity contribution in [2.45, 2.75) is 11.8 Å². The molecule has 72 valence electrons. The van der Waals surface area contributed by atoms with Crippen molar-refractivity contribution >= 4 is 27.3 Å². The molecule has 0 aliphatic rings. The van der Waals surface area contributed by atoms with Crippen LogP contribution in [0.1, 0.15) is 16.0 Å². The first-order valence-electron chi connectivity index (χ1n) is 4.55. The van der Waals surface area contributed by atoms with E-state index in [9.17, 15) is 0 Å². The van der Waals surface area contributed by atoms with Gasteiger partial charge in [0.15, 0.2) is 0 Å². The highest BCUT2D eigenvalue weighted by molar-refractivity contribution is 9.08. The van der Waals surface area contributed by atoms with Gasteiger partial charge in [0.05, 0.1) is 0 Å². The topological polar surface area (TPSA) is 0 Å². The average molecular weight is 267 g/mol. The molecular formula is C12H11BrS. The summed E-state index contributed by atoms with van der Waals surface area (Å²) in [5.74, 6) is 0. The number of thiophene rings is 1. The van der Waals surface area contributed by atoms with Crippen LogP contribution < -0.4 is 0 Å². The maximum atomic E-state index is 3.52. The minimum absolute atomic E-state index is 0.939. The number of hydrogen-bond donors (Lipinski definition) is 0. The van der Waals surface area contributed by atoms with Crippen LogP contribution >= 0.6 is 27.3 Å². The third-order valence-corrected chi connectivity index (χ3v) is 3.69. The van der Waals surface area contributed by atoms with E-state index in [4.69, 9.17) is 0 Å². The Morgan fingerprint density at radius 3 is 2.43 bits per heavy atom. The summed E-state index contributed by atoms with van der Waals surface area (Å²) in [4.78, 5) is 1.43. The Hall–Kier alpha value is -0.600. The fourth-order valence-corrected chi connectivity index (χ4v) is 2.74. The molecule has 0 atom stereocenters. The van der Waals surface area contributed by atoms with Gasteiger partial charge in [-0.2, -0.15) is 0 Å². The maximum Gasteiger partial charge on any atom is 0.0285 e. The summed E-state index contributed by atoms with van der Waals surface area (Å²) in [7, 11) is 0. The Morgan fingerprint density at radius 2 is 1.79 bits per heavy atom. The van der Waals surface area contributed by atoms with Crippen molar-refractivity contribution in [3.63, 3.8) is 0 Å². The smallest absolute Gasteiger partial charge is 0.0285 e. The molecule has 0 aliphatic heterocycles. The number of alkyl halides is 1. The van der Waals surface area contributed by atoms with E-state index in [2.05, 4.69) is 57.7 Å². The van der Waals surface area contributed by atoms with E-state index in [0.717, 1.165) is 11.8 Å². The number of benzene rings is 1. The zero-order chi connectivity index (χ0) is 9.80.